The number of alkyl halides is 2. The zero-order valence-corrected chi connectivity index (χ0v) is 18.0. The van der Waals surface area contributed by atoms with Crippen molar-refractivity contribution < 1.29 is 18.4 Å². The molecule has 1 unspecified atom stereocenters. The normalized spacial score (nSPS) is 25.2. The summed E-state index contributed by atoms with van der Waals surface area (Å²) in [5.74, 6) is -3.55. The van der Waals surface area contributed by atoms with Crippen LogP contribution in [0.2, 0.25) is 0 Å². The lowest BCUT2D eigenvalue weighted by molar-refractivity contribution is -0.124. The molecule has 5 rings (SSSR count). The van der Waals surface area contributed by atoms with Gasteiger partial charge in [0.15, 0.2) is 0 Å². The van der Waals surface area contributed by atoms with E-state index in [0.717, 1.165) is 31.9 Å². The lowest BCUT2D eigenvalue weighted by atomic mass is 9.94. The van der Waals surface area contributed by atoms with Crippen LogP contribution in [0, 0.1) is 5.41 Å². The van der Waals surface area contributed by atoms with Gasteiger partial charge in [-0.1, -0.05) is 0 Å². The van der Waals surface area contributed by atoms with Crippen LogP contribution in [0.25, 0.3) is 0 Å². The Bertz CT molecular complexity index is 898. The quantitative estimate of drug-likeness (QED) is 0.645. The van der Waals surface area contributed by atoms with Gasteiger partial charge >= 0.3 is 6.03 Å². The summed E-state index contributed by atoms with van der Waals surface area (Å²) < 4.78 is 29.5. The molecule has 3 fully saturated rings. The number of piperidine rings is 1. The van der Waals surface area contributed by atoms with Crippen molar-refractivity contribution in [3.05, 3.63) is 30.1 Å². The number of aliphatic imine (C=N–C) groups is 1. The van der Waals surface area contributed by atoms with Gasteiger partial charge in [-0.3, -0.25) is 14.8 Å². The average Bonchev–Trinajstić information content (AvgIpc) is 3.64. The molecule has 2 N–H and O–H groups in total. The van der Waals surface area contributed by atoms with E-state index in [1.807, 2.05) is 0 Å². The molecule has 0 bridgehead atoms. The fourth-order valence-corrected chi connectivity index (χ4v) is 4.71. The van der Waals surface area contributed by atoms with Crippen molar-refractivity contribution in [2.75, 3.05) is 13.1 Å². The molecule has 172 valence electrons. The van der Waals surface area contributed by atoms with Gasteiger partial charge in [0.1, 0.15) is 12.1 Å². The molecule has 2 atom stereocenters. The van der Waals surface area contributed by atoms with E-state index in [1.54, 1.807) is 11.1 Å². The summed E-state index contributed by atoms with van der Waals surface area (Å²) in [6.45, 7) is 1.29. The van der Waals surface area contributed by atoms with Gasteiger partial charge in [0.25, 0.3) is 5.92 Å². The second-order valence-corrected chi connectivity index (χ2v) is 9.86. The number of likely N-dealkylation sites (tertiary alicyclic amines) is 1. The second-order valence-electron chi connectivity index (χ2n) is 9.86. The van der Waals surface area contributed by atoms with Gasteiger partial charge in [-0.2, -0.15) is 0 Å². The lowest BCUT2D eigenvalue weighted by Crippen LogP contribution is -2.55. The maximum Gasteiger partial charge on any atom is 0.318 e. The first-order valence-electron chi connectivity index (χ1n) is 11.5. The number of hydrogen-bond donors (Lipinski definition) is 2. The highest BCUT2D eigenvalue weighted by Crippen LogP contribution is 2.53. The van der Waals surface area contributed by atoms with E-state index < -0.39 is 29.8 Å². The molecular formula is C23H29F2N5O2. The predicted molar refractivity (Wildman–Crippen MR) is 115 cm³/mol. The summed E-state index contributed by atoms with van der Waals surface area (Å²) in [5, 5.41) is 5.74. The Labute approximate surface area is 186 Å². The monoisotopic (exact) mass is 445 g/mol. The highest BCUT2D eigenvalue weighted by atomic mass is 19.3. The zero-order chi connectivity index (χ0) is 22.4. The van der Waals surface area contributed by atoms with Crippen molar-refractivity contribution in [1.29, 1.82) is 0 Å². The Morgan fingerprint density at radius 1 is 1.19 bits per heavy atom. The third kappa shape index (κ3) is 4.47. The van der Waals surface area contributed by atoms with Crippen LogP contribution < -0.4 is 10.6 Å². The van der Waals surface area contributed by atoms with Crippen molar-refractivity contribution >= 4 is 18.2 Å². The van der Waals surface area contributed by atoms with Gasteiger partial charge in [-0.15, -0.1) is 0 Å². The Balaban J connectivity index is 1.23. The standard InChI is InChI=1S/C23H29F2N5O2/c24-23(25,16-2-1-11-26-14-16)4-3-17(19(31)29-22(7-8-22)18-15-27-18)28-20(32)30-12-9-21(5-6-21)10-13-30/h1-2,11,14-15,17-18H,3-10,12-13H2,(H,28,32)(H,29,31)/t17-,18?/m0/s1. The van der Waals surface area contributed by atoms with Crippen LogP contribution in [0.3, 0.4) is 0 Å². The van der Waals surface area contributed by atoms with Gasteiger partial charge < -0.3 is 15.5 Å². The largest absolute Gasteiger partial charge is 0.346 e. The summed E-state index contributed by atoms with van der Waals surface area (Å²) in [7, 11) is 0. The summed E-state index contributed by atoms with van der Waals surface area (Å²) >= 11 is 0. The number of halogens is 2. The topological polar surface area (TPSA) is 86.7 Å². The fraction of sp³-hybridized carbons (Fsp3) is 0.652. The molecule has 3 amide bonds. The van der Waals surface area contributed by atoms with Gasteiger partial charge in [0.2, 0.25) is 5.91 Å². The molecular weight excluding hydrogens is 416 g/mol. The van der Waals surface area contributed by atoms with Crippen LogP contribution in [0.4, 0.5) is 13.6 Å². The summed E-state index contributed by atoms with van der Waals surface area (Å²) in [6.07, 6.45) is 9.65. The number of carbonyl (C=O) groups excluding carboxylic acids is 2. The van der Waals surface area contributed by atoms with E-state index >= 15 is 0 Å². The number of nitrogens with zero attached hydrogens (tertiary/aromatic N) is 3. The molecule has 1 saturated heterocycles. The van der Waals surface area contributed by atoms with Crippen molar-refractivity contribution in [3.8, 4) is 0 Å². The van der Waals surface area contributed by atoms with Crippen LogP contribution in [0.15, 0.2) is 29.5 Å². The number of hydrogen-bond acceptors (Lipinski definition) is 4. The average molecular weight is 446 g/mol. The first-order chi connectivity index (χ1) is 15.3. The Morgan fingerprint density at radius 2 is 1.91 bits per heavy atom. The Kier molecular flexibility index (Phi) is 5.17. The zero-order valence-electron chi connectivity index (χ0n) is 18.0. The number of pyridine rings is 1. The van der Waals surface area contributed by atoms with Crippen LogP contribution >= 0.6 is 0 Å². The Morgan fingerprint density at radius 3 is 2.47 bits per heavy atom. The lowest BCUT2D eigenvalue weighted by Gasteiger charge is -2.33. The molecule has 7 nitrogen and oxygen atoms in total. The minimum atomic E-state index is -3.14. The van der Waals surface area contributed by atoms with Gasteiger partial charge in [0, 0.05) is 43.7 Å². The molecule has 32 heavy (non-hydrogen) atoms. The van der Waals surface area contributed by atoms with Gasteiger partial charge in [-0.25, -0.2) is 13.6 Å². The number of carbonyl (C=O) groups is 2. The molecule has 1 aromatic rings. The molecule has 4 aliphatic rings. The second kappa shape index (κ2) is 7.78. The van der Waals surface area contributed by atoms with Crippen LogP contribution in [0.5, 0.6) is 0 Å². The SMILES string of the molecule is O=C(NC1(C2C=N2)CC1)[C@H](CCC(F)(F)c1cccnc1)NC(=O)N1CCC2(CC1)CC2. The van der Waals surface area contributed by atoms with E-state index in [9.17, 15) is 18.4 Å². The van der Waals surface area contributed by atoms with Crippen molar-refractivity contribution in [2.24, 2.45) is 10.4 Å². The first kappa shape index (κ1) is 21.3. The highest BCUT2D eigenvalue weighted by molar-refractivity contribution is 5.90. The summed E-state index contributed by atoms with van der Waals surface area (Å²) in [4.78, 5) is 35.6. The minimum Gasteiger partial charge on any atom is -0.346 e. The van der Waals surface area contributed by atoms with E-state index in [2.05, 4.69) is 20.6 Å². The minimum absolute atomic E-state index is 0.00328. The predicted octanol–water partition coefficient (Wildman–Crippen LogP) is 3.01. The van der Waals surface area contributed by atoms with Crippen molar-refractivity contribution in [1.82, 2.24) is 20.5 Å². The first-order valence-corrected chi connectivity index (χ1v) is 11.5. The highest BCUT2D eigenvalue weighted by Gasteiger charge is 2.54. The van der Waals surface area contributed by atoms with Crippen LogP contribution in [0.1, 0.15) is 56.9 Å². The summed E-state index contributed by atoms with van der Waals surface area (Å²) in [5.41, 5.74) is -0.168. The number of urea groups is 1. The third-order valence-electron chi connectivity index (χ3n) is 7.54. The molecule has 0 aromatic carbocycles. The number of amides is 3. The number of nitrogens with one attached hydrogen (secondary N) is 2. The summed E-state index contributed by atoms with van der Waals surface area (Å²) in [6, 6.07) is 1.41. The smallest absolute Gasteiger partial charge is 0.318 e. The molecule has 1 spiro atoms. The van der Waals surface area contributed by atoms with E-state index in [4.69, 9.17) is 0 Å². The molecule has 9 heteroatoms. The maximum absolute atomic E-state index is 14.7. The number of rotatable bonds is 8. The maximum atomic E-state index is 14.7. The van der Waals surface area contributed by atoms with Gasteiger partial charge in [0.05, 0.1) is 5.54 Å². The fourth-order valence-electron chi connectivity index (χ4n) is 4.71. The van der Waals surface area contributed by atoms with E-state index in [1.165, 1.54) is 31.2 Å². The molecule has 2 aliphatic heterocycles. The van der Waals surface area contributed by atoms with Crippen molar-refractivity contribution in [2.45, 2.75) is 74.9 Å². The molecule has 2 aliphatic carbocycles. The molecule has 1 aromatic heterocycles. The third-order valence-corrected chi connectivity index (χ3v) is 7.54. The Hall–Kier alpha value is -2.58. The van der Waals surface area contributed by atoms with E-state index in [0.29, 0.717) is 18.5 Å². The van der Waals surface area contributed by atoms with Crippen molar-refractivity contribution in [3.63, 3.8) is 0 Å². The number of aromatic nitrogens is 1. The molecule has 2 saturated carbocycles. The van der Waals surface area contributed by atoms with Crippen LogP contribution in [-0.4, -0.2) is 58.7 Å². The van der Waals surface area contributed by atoms with E-state index in [-0.39, 0.29) is 24.1 Å². The van der Waals surface area contributed by atoms with Gasteiger partial charge in [-0.05, 0) is 62.5 Å². The molecule has 0 radical (unpaired) electrons. The van der Waals surface area contributed by atoms with Crippen LogP contribution in [-0.2, 0) is 10.7 Å². The molecule has 3 heterocycles.